The largest absolute Gasteiger partial charge is 0.329 e. The highest BCUT2D eigenvalue weighted by Crippen LogP contribution is 2.19. The third-order valence-electron chi connectivity index (χ3n) is 2.11. The van der Waals surface area contributed by atoms with Crippen LogP contribution in [0.5, 0.6) is 0 Å². The molecule has 0 spiro atoms. The molecular formula is C9H13NO. The Balaban J connectivity index is 2.46. The molecule has 1 rings (SSSR count). The van der Waals surface area contributed by atoms with E-state index >= 15 is 0 Å². The lowest BCUT2D eigenvalue weighted by molar-refractivity contribution is -0.132. The van der Waals surface area contributed by atoms with Gasteiger partial charge < -0.3 is 4.90 Å². The molecule has 60 valence electrons. The Kier molecular flexibility index (Phi) is 2.53. The number of carbonyl (C=O) groups excluding carboxylic acids is 1. The van der Waals surface area contributed by atoms with Crippen molar-refractivity contribution in [1.82, 2.24) is 4.90 Å². The molecule has 0 N–H and O–H groups in total. The van der Waals surface area contributed by atoms with Gasteiger partial charge in [0.1, 0.15) is 0 Å². The Bertz CT molecular complexity index is 209. The van der Waals surface area contributed by atoms with Gasteiger partial charge in [-0.2, -0.15) is 0 Å². The van der Waals surface area contributed by atoms with Crippen molar-refractivity contribution in [2.45, 2.75) is 32.7 Å². The summed E-state index contributed by atoms with van der Waals surface area (Å²) >= 11 is 0. The number of likely N-dealkylation sites (tertiary alicyclic amines) is 1. The van der Waals surface area contributed by atoms with Gasteiger partial charge in [0.2, 0.25) is 0 Å². The van der Waals surface area contributed by atoms with Gasteiger partial charge in [-0.1, -0.05) is 12.8 Å². The van der Waals surface area contributed by atoms with Crippen molar-refractivity contribution in [3.05, 3.63) is 0 Å². The van der Waals surface area contributed by atoms with Gasteiger partial charge in [-0.3, -0.25) is 4.79 Å². The maximum Gasteiger partial charge on any atom is 0.298 e. The summed E-state index contributed by atoms with van der Waals surface area (Å²) in [6.07, 6.45) is 2.20. The summed E-state index contributed by atoms with van der Waals surface area (Å²) in [5, 5.41) is 0. The first-order chi connectivity index (χ1) is 5.29. The molecule has 2 heteroatoms. The van der Waals surface area contributed by atoms with Crippen molar-refractivity contribution in [2.75, 3.05) is 6.54 Å². The van der Waals surface area contributed by atoms with E-state index in [1.54, 1.807) is 6.92 Å². The molecular weight excluding hydrogens is 138 g/mol. The molecule has 11 heavy (non-hydrogen) atoms. The van der Waals surface area contributed by atoms with E-state index in [-0.39, 0.29) is 5.91 Å². The molecule has 1 fully saturated rings. The van der Waals surface area contributed by atoms with Gasteiger partial charge in [0, 0.05) is 12.6 Å². The Morgan fingerprint density at radius 3 is 2.82 bits per heavy atom. The predicted molar refractivity (Wildman–Crippen MR) is 43.9 cm³/mol. The zero-order valence-electron chi connectivity index (χ0n) is 7.05. The second kappa shape index (κ2) is 3.43. The van der Waals surface area contributed by atoms with Crippen LogP contribution in [-0.4, -0.2) is 23.4 Å². The number of hydrogen-bond acceptors (Lipinski definition) is 1. The fourth-order valence-corrected chi connectivity index (χ4v) is 1.31. The van der Waals surface area contributed by atoms with Crippen LogP contribution >= 0.6 is 0 Å². The fourth-order valence-electron chi connectivity index (χ4n) is 1.31. The minimum absolute atomic E-state index is 0.00870. The molecule has 0 aliphatic carbocycles. The lowest BCUT2D eigenvalue weighted by Gasteiger charge is -2.39. The van der Waals surface area contributed by atoms with Crippen molar-refractivity contribution >= 4 is 5.91 Å². The molecule has 0 aromatic rings. The summed E-state index contributed by atoms with van der Waals surface area (Å²) in [5.41, 5.74) is 0. The van der Waals surface area contributed by atoms with Gasteiger partial charge in [-0.15, -0.1) is 0 Å². The first-order valence-corrected chi connectivity index (χ1v) is 4.03. The van der Waals surface area contributed by atoms with E-state index in [4.69, 9.17) is 0 Å². The molecule has 0 radical (unpaired) electrons. The van der Waals surface area contributed by atoms with Crippen molar-refractivity contribution in [1.29, 1.82) is 0 Å². The number of rotatable bonds is 1. The smallest absolute Gasteiger partial charge is 0.298 e. The Hall–Kier alpha value is -0.970. The second-order valence-electron chi connectivity index (χ2n) is 2.72. The summed E-state index contributed by atoms with van der Waals surface area (Å²) < 4.78 is 0. The molecule has 1 amide bonds. The SMILES string of the molecule is CC#CC(=O)N1CC[C@H]1CC. The van der Waals surface area contributed by atoms with E-state index in [0.29, 0.717) is 6.04 Å². The topological polar surface area (TPSA) is 20.3 Å². The highest BCUT2D eigenvalue weighted by molar-refractivity contribution is 5.94. The molecule has 1 saturated heterocycles. The van der Waals surface area contributed by atoms with Crippen LogP contribution in [0.4, 0.5) is 0 Å². The number of amides is 1. The average molecular weight is 151 g/mol. The number of carbonyl (C=O) groups is 1. The maximum atomic E-state index is 11.1. The molecule has 0 bridgehead atoms. The zero-order chi connectivity index (χ0) is 8.27. The van der Waals surface area contributed by atoms with Gasteiger partial charge in [0.05, 0.1) is 0 Å². The summed E-state index contributed by atoms with van der Waals surface area (Å²) in [5.74, 6) is 5.16. The predicted octanol–water partition coefficient (Wildman–Crippen LogP) is 1.02. The van der Waals surface area contributed by atoms with Crippen LogP contribution in [-0.2, 0) is 4.79 Å². The fraction of sp³-hybridized carbons (Fsp3) is 0.667. The molecule has 1 heterocycles. The van der Waals surface area contributed by atoms with Gasteiger partial charge in [0.25, 0.3) is 5.91 Å². The van der Waals surface area contributed by atoms with Gasteiger partial charge >= 0.3 is 0 Å². The maximum absolute atomic E-state index is 11.1. The minimum Gasteiger partial charge on any atom is -0.329 e. The lowest BCUT2D eigenvalue weighted by atomic mass is 10.0. The van der Waals surface area contributed by atoms with Crippen molar-refractivity contribution in [3.8, 4) is 11.8 Å². The van der Waals surface area contributed by atoms with Crippen LogP contribution in [0.2, 0.25) is 0 Å². The van der Waals surface area contributed by atoms with E-state index < -0.39 is 0 Å². The minimum atomic E-state index is -0.00870. The highest BCUT2D eigenvalue weighted by Gasteiger charge is 2.29. The van der Waals surface area contributed by atoms with E-state index in [9.17, 15) is 4.79 Å². The van der Waals surface area contributed by atoms with Crippen LogP contribution in [0.1, 0.15) is 26.7 Å². The van der Waals surface area contributed by atoms with Crippen LogP contribution in [0.25, 0.3) is 0 Å². The van der Waals surface area contributed by atoms with Crippen LogP contribution in [0, 0.1) is 11.8 Å². The Morgan fingerprint density at radius 2 is 2.45 bits per heavy atom. The Morgan fingerprint density at radius 1 is 1.73 bits per heavy atom. The molecule has 1 aliphatic heterocycles. The highest BCUT2D eigenvalue weighted by atomic mass is 16.2. The van der Waals surface area contributed by atoms with Crippen LogP contribution < -0.4 is 0 Å². The van der Waals surface area contributed by atoms with Crippen LogP contribution in [0.3, 0.4) is 0 Å². The third kappa shape index (κ3) is 1.54. The standard InChI is InChI=1S/C9H13NO/c1-3-5-9(11)10-7-6-8(10)4-2/h8H,4,6-7H2,1-2H3/t8-/m1/s1. The summed E-state index contributed by atoms with van der Waals surface area (Å²) in [7, 11) is 0. The number of nitrogens with zero attached hydrogens (tertiary/aromatic N) is 1. The summed E-state index contributed by atoms with van der Waals surface area (Å²) in [6.45, 7) is 4.69. The van der Waals surface area contributed by atoms with Crippen LogP contribution in [0.15, 0.2) is 0 Å². The monoisotopic (exact) mass is 151 g/mol. The van der Waals surface area contributed by atoms with Gasteiger partial charge in [-0.05, 0) is 25.7 Å². The third-order valence-corrected chi connectivity index (χ3v) is 2.11. The first kappa shape index (κ1) is 8.13. The number of hydrogen-bond donors (Lipinski definition) is 0. The van der Waals surface area contributed by atoms with E-state index in [0.717, 1.165) is 19.4 Å². The first-order valence-electron chi connectivity index (χ1n) is 4.03. The molecule has 0 unspecified atom stereocenters. The Labute approximate surface area is 67.6 Å². The molecule has 0 aromatic carbocycles. The van der Waals surface area contributed by atoms with E-state index in [1.807, 2.05) is 4.90 Å². The van der Waals surface area contributed by atoms with Crippen molar-refractivity contribution < 1.29 is 4.79 Å². The molecule has 1 atom stereocenters. The lowest BCUT2D eigenvalue weighted by Crippen LogP contribution is -2.50. The van der Waals surface area contributed by atoms with Crippen molar-refractivity contribution in [2.24, 2.45) is 0 Å². The molecule has 0 saturated carbocycles. The zero-order valence-corrected chi connectivity index (χ0v) is 7.05. The normalized spacial score (nSPS) is 21.6. The molecule has 2 nitrogen and oxygen atoms in total. The quantitative estimate of drug-likeness (QED) is 0.512. The van der Waals surface area contributed by atoms with Gasteiger partial charge in [-0.25, -0.2) is 0 Å². The average Bonchev–Trinajstić information content (AvgIpc) is 1.86. The summed E-state index contributed by atoms with van der Waals surface area (Å²) in [6, 6.07) is 0.461. The van der Waals surface area contributed by atoms with E-state index in [1.165, 1.54) is 0 Å². The van der Waals surface area contributed by atoms with Crippen molar-refractivity contribution in [3.63, 3.8) is 0 Å². The second-order valence-corrected chi connectivity index (χ2v) is 2.72. The van der Waals surface area contributed by atoms with E-state index in [2.05, 4.69) is 18.8 Å². The van der Waals surface area contributed by atoms with Gasteiger partial charge in [0.15, 0.2) is 0 Å². The summed E-state index contributed by atoms with van der Waals surface area (Å²) in [4.78, 5) is 13.0. The molecule has 1 aliphatic rings. The molecule has 0 aromatic heterocycles.